The van der Waals surface area contributed by atoms with Crippen molar-refractivity contribution in [1.29, 1.82) is 0 Å². The smallest absolute Gasteiger partial charge is 0.227 e. The molecule has 0 saturated heterocycles. The Balaban J connectivity index is 1.89. The number of rotatable bonds is 5. The molecule has 3 aromatic rings. The Bertz CT molecular complexity index is 760. The average Bonchev–Trinajstić information content (AvgIpc) is 2.95. The van der Waals surface area contributed by atoms with Crippen LogP contribution in [0.5, 0.6) is 5.88 Å². The van der Waals surface area contributed by atoms with Crippen LogP contribution in [-0.2, 0) is 6.61 Å². The summed E-state index contributed by atoms with van der Waals surface area (Å²) in [7, 11) is 0. The van der Waals surface area contributed by atoms with Crippen LogP contribution in [0.2, 0.25) is 5.02 Å². The zero-order valence-electron chi connectivity index (χ0n) is 11.5. The predicted molar refractivity (Wildman–Crippen MR) is 87.4 cm³/mol. The van der Waals surface area contributed by atoms with Gasteiger partial charge in [0, 0.05) is 17.1 Å². The van der Waals surface area contributed by atoms with Gasteiger partial charge < -0.3 is 10.1 Å². The monoisotopic (exact) mass is 319 g/mol. The second-order valence-corrected chi connectivity index (χ2v) is 5.70. The van der Waals surface area contributed by atoms with Crippen molar-refractivity contribution in [3.8, 4) is 5.88 Å². The third-order valence-corrected chi connectivity index (χ3v) is 4.12. The first-order valence-electron chi connectivity index (χ1n) is 6.63. The lowest BCUT2D eigenvalue weighted by Gasteiger charge is -2.09. The minimum Gasteiger partial charge on any atom is -0.472 e. The second kappa shape index (κ2) is 6.28. The normalized spacial score (nSPS) is 10.8. The van der Waals surface area contributed by atoms with Crippen LogP contribution in [0.1, 0.15) is 12.5 Å². The van der Waals surface area contributed by atoms with Gasteiger partial charge in [-0.05, 0) is 24.4 Å². The van der Waals surface area contributed by atoms with Gasteiger partial charge in [-0.15, -0.1) is 11.3 Å². The van der Waals surface area contributed by atoms with E-state index in [-0.39, 0.29) is 0 Å². The lowest BCUT2D eigenvalue weighted by Crippen LogP contribution is -2.04. The van der Waals surface area contributed by atoms with Crippen LogP contribution in [0.15, 0.2) is 35.7 Å². The molecule has 0 saturated carbocycles. The van der Waals surface area contributed by atoms with E-state index in [1.165, 1.54) is 0 Å². The molecule has 0 spiro atoms. The summed E-state index contributed by atoms with van der Waals surface area (Å²) in [5.74, 6) is 1.17. The number of anilines is 1. The molecule has 108 valence electrons. The van der Waals surface area contributed by atoms with Crippen LogP contribution >= 0.6 is 22.9 Å². The summed E-state index contributed by atoms with van der Waals surface area (Å²) in [6, 6.07) is 9.60. The molecule has 0 aliphatic carbocycles. The van der Waals surface area contributed by atoms with Crippen molar-refractivity contribution in [2.24, 2.45) is 0 Å². The molecule has 3 rings (SSSR count). The van der Waals surface area contributed by atoms with Gasteiger partial charge in [-0.3, -0.25) is 0 Å². The minimum atomic E-state index is 0.382. The topological polar surface area (TPSA) is 47.0 Å². The molecule has 0 amide bonds. The Kier molecular flexibility index (Phi) is 4.22. The number of aromatic nitrogens is 2. The van der Waals surface area contributed by atoms with Gasteiger partial charge >= 0.3 is 0 Å². The molecule has 0 bridgehead atoms. The molecular formula is C15H14ClN3OS. The van der Waals surface area contributed by atoms with Crippen LogP contribution < -0.4 is 10.1 Å². The van der Waals surface area contributed by atoms with Gasteiger partial charge in [-0.25, -0.2) is 4.98 Å². The number of nitrogens with zero attached hydrogens (tertiary/aromatic N) is 2. The zero-order chi connectivity index (χ0) is 14.7. The molecule has 4 nitrogen and oxygen atoms in total. The molecular weight excluding hydrogens is 306 g/mol. The van der Waals surface area contributed by atoms with Crippen molar-refractivity contribution >= 4 is 39.1 Å². The number of nitrogens with one attached hydrogen (secondary N) is 1. The molecule has 0 atom stereocenters. The van der Waals surface area contributed by atoms with Crippen molar-refractivity contribution in [2.75, 3.05) is 11.9 Å². The highest BCUT2D eigenvalue weighted by Gasteiger charge is 2.10. The number of ether oxygens (including phenoxy) is 1. The number of hydrogen-bond donors (Lipinski definition) is 1. The first-order chi connectivity index (χ1) is 10.3. The van der Waals surface area contributed by atoms with Crippen molar-refractivity contribution in [3.63, 3.8) is 0 Å². The summed E-state index contributed by atoms with van der Waals surface area (Å²) in [6.45, 7) is 3.15. The Labute approximate surface area is 131 Å². The number of halogens is 1. The second-order valence-electron chi connectivity index (χ2n) is 4.40. The van der Waals surface area contributed by atoms with Crippen LogP contribution in [0, 0.1) is 0 Å². The van der Waals surface area contributed by atoms with E-state index in [1.807, 2.05) is 42.6 Å². The quantitative estimate of drug-likeness (QED) is 0.759. The highest BCUT2D eigenvalue weighted by molar-refractivity contribution is 7.16. The number of thiophene rings is 1. The molecule has 1 N–H and O–H groups in total. The summed E-state index contributed by atoms with van der Waals surface area (Å²) >= 11 is 7.71. The summed E-state index contributed by atoms with van der Waals surface area (Å²) < 4.78 is 5.86. The van der Waals surface area contributed by atoms with Gasteiger partial charge in [0.05, 0.1) is 5.39 Å². The fraction of sp³-hybridized carbons (Fsp3) is 0.200. The SMILES string of the molecule is CCNc1nc(OCc2ccccc2Cl)c2ccsc2n1. The van der Waals surface area contributed by atoms with Crippen molar-refractivity contribution in [3.05, 3.63) is 46.3 Å². The molecule has 6 heteroatoms. The Morgan fingerprint density at radius 2 is 2.10 bits per heavy atom. The summed E-state index contributed by atoms with van der Waals surface area (Å²) in [4.78, 5) is 9.79. The van der Waals surface area contributed by atoms with Crippen LogP contribution in [0.25, 0.3) is 10.2 Å². The van der Waals surface area contributed by atoms with Gasteiger partial charge in [0.2, 0.25) is 11.8 Å². The molecule has 0 fully saturated rings. The largest absolute Gasteiger partial charge is 0.472 e. The Morgan fingerprint density at radius 3 is 2.90 bits per heavy atom. The van der Waals surface area contributed by atoms with E-state index in [2.05, 4.69) is 15.3 Å². The highest BCUT2D eigenvalue weighted by Crippen LogP contribution is 2.29. The van der Waals surface area contributed by atoms with E-state index in [9.17, 15) is 0 Å². The Hall–Kier alpha value is -1.85. The molecule has 21 heavy (non-hydrogen) atoms. The summed E-state index contributed by atoms with van der Waals surface area (Å²) in [5, 5.41) is 6.72. The number of hydrogen-bond acceptors (Lipinski definition) is 5. The van der Waals surface area contributed by atoms with Crippen molar-refractivity contribution < 1.29 is 4.74 Å². The van der Waals surface area contributed by atoms with Gasteiger partial charge in [0.15, 0.2) is 0 Å². The van der Waals surface area contributed by atoms with E-state index in [0.29, 0.717) is 23.5 Å². The van der Waals surface area contributed by atoms with Crippen molar-refractivity contribution in [1.82, 2.24) is 9.97 Å². The third-order valence-electron chi connectivity index (χ3n) is 2.95. The van der Waals surface area contributed by atoms with Gasteiger partial charge in [-0.2, -0.15) is 4.98 Å². The maximum Gasteiger partial charge on any atom is 0.227 e. The molecule has 0 aliphatic rings. The summed E-state index contributed by atoms with van der Waals surface area (Å²) in [5.41, 5.74) is 0.936. The molecule has 0 aliphatic heterocycles. The van der Waals surface area contributed by atoms with E-state index >= 15 is 0 Å². The van der Waals surface area contributed by atoms with Gasteiger partial charge in [-0.1, -0.05) is 29.8 Å². The zero-order valence-corrected chi connectivity index (χ0v) is 13.0. The summed E-state index contributed by atoms with van der Waals surface area (Å²) in [6.07, 6.45) is 0. The Morgan fingerprint density at radius 1 is 1.24 bits per heavy atom. The highest BCUT2D eigenvalue weighted by atomic mass is 35.5. The fourth-order valence-corrected chi connectivity index (χ4v) is 2.88. The first kappa shape index (κ1) is 14.1. The van der Waals surface area contributed by atoms with E-state index in [0.717, 1.165) is 22.3 Å². The molecule has 0 radical (unpaired) electrons. The van der Waals surface area contributed by atoms with Crippen LogP contribution in [-0.4, -0.2) is 16.5 Å². The lowest BCUT2D eigenvalue weighted by molar-refractivity contribution is 0.298. The van der Waals surface area contributed by atoms with E-state index in [4.69, 9.17) is 16.3 Å². The predicted octanol–water partition coefficient (Wildman–Crippen LogP) is 4.36. The number of benzene rings is 1. The van der Waals surface area contributed by atoms with E-state index < -0.39 is 0 Å². The van der Waals surface area contributed by atoms with Crippen molar-refractivity contribution in [2.45, 2.75) is 13.5 Å². The maximum atomic E-state index is 6.15. The van der Waals surface area contributed by atoms with Gasteiger partial charge in [0.25, 0.3) is 0 Å². The van der Waals surface area contributed by atoms with Gasteiger partial charge in [0.1, 0.15) is 11.4 Å². The lowest BCUT2D eigenvalue weighted by atomic mass is 10.2. The van der Waals surface area contributed by atoms with E-state index in [1.54, 1.807) is 11.3 Å². The maximum absolute atomic E-state index is 6.15. The molecule has 1 aromatic carbocycles. The fourth-order valence-electron chi connectivity index (χ4n) is 1.94. The van der Waals surface area contributed by atoms with Crippen LogP contribution in [0.4, 0.5) is 5.95 Å². The number of fused-ring (bicyclic) bond motifs is 1. The molecule has 2 aromatic heterocycles. The first-order valence-corrected chi connectivity index (χ1v) is 7.89. The minimum absolute atomic E-state index is 0.382. The standard InChI is InChI=1S/C15H14ClN3OS/c1-2-17-15-18-13(11-7-8-21-14(11)19-15)20-9-10-5-3-4-6-12(10)16/h3-8H,2,9H2,1H3,(H,17,18,19). The molecule has 0 unspecified atom stereocenters. The van der Waals surface area contributed by atoms with Crippen LogP contribution in [0.3, 0.4) is 0 Å². The third kappa shape index (κ3) is 3.09. The average molecular weight is 320 g/mol. The molecule has 2 heterocycles.